The van der Waals surface area contributed by atoms with Gasteiger partial charge in [0, 0.05) is 6.04 Å². The highest BCUT2D eigenvalue weighted by molar-refractivity contribution is 5.69. The average molecular weight is 289 g/mol. The SMILES string of the molecule is C=CCC[C@@H]1CC[C@H](CO)N1C(=O)OCc1ccccc1. The van der Waals surface area contributed by atoms with Crippen LogP contribution in [0.2, 0.25) is 0 Å². The van der Waals surface area contributed by atoms with Crippen LogP contribution < -0.4 is 0 Å². The largest absolute Gasteiger partial charge is 0.445 e. The van der Waals surface area contributed by atoms with E-state index in [4.69, 9.17) is 4.74 Å². The summed E-state index contributed by atoms with van der Waals surface area (Å²) in [6, 6.07) is 9.64. The fraction of sp³-hybridized carbons (Fsp3) is 0.471. The summed E-state index contributed by atoms with van der Waals surface area (Å²) in [7, 11) is 0. The second kappa shape index (κ2) is 7.84. The Kier molecular flexibility index (Phi) is 5.81. The Hall–Kier alpha value is -1.81. The Morgan fingerprint density at radius 2 is 2.05 bits per heavy atom. The van der Waals surface area contributed by atoms with Gasteiger partial charge in [-0.25, -0.2) is 4.79 Å². The Bertz CT molecular complexity index is 460. The van der Waals surface area contributed by atoms with Crippen LogP contribution in [0.1, 0.15) is 31.2 Å². The molecule has 0 unspecified atom stereocenters. The minimum atomic E-state index is -0.329. The fourth-order valence-corrected chi connectivity index (χ4v) is 2.83. The first-order valence-electron chi connectivity index (χ1n) is 7.47. The van der Waals surface area contributed by atoms with Gasteiger partial charge in [0.05, 0.1) is 12.6 Å². The van der Waals surface area contributed by atoms with Crippen LogP contribution in [0.3, 0.4) is 0 Å². The second-order valence-electron chi connectivity index (χ2n) is 5.38. The van der Waals surface area contributed by atoms with Crippen LogP contribution in [0.15, 0.2) is 43.0 Å². The van der Waals surface area contributed by atoms with Crippen molar-refractivity contribution in [3.63, 3.8) is 0 Å². The summed E-state index contributed by atoms with van der Waals surface area (Å²) in [5.41, 5.74) is 0.966. The Morgan fingerprint density at radius 3 is 2.71 bits per heavy atom. The van der Waals surface area contributed by atoms with Crippen molar-refractivity contribution in [1.82, 2.24) is 4.90 Å². The van der Waals surface area contributed by atoms with Crippen LogP contribution in [-0.4, -0.2) is 34.8 Å². The Morgan fingerprint density at radius 1 is 1.33 bits per heavy atom. The number of aliphatic hydroxyl groups is 1. The lowest BCUT2D eigenvalue weighted by Crippen LogP contribution is -2.43. The predicted molar refractivity (Wildman–Crippen MR) is 81.8 cm³/mol. The molecule has 1 aromatic rings. The van der Waals surface area contributed by atoms with Crippen LogP contribution >= 0.6 is 0 Å². The molecule has 4 heteroatoms. The quantitative estimate of drug-likeness (QED) is 0.819. The zero-order valence-electron chi connectivity index (χ0n) is 12.3. The molecule has 114 valence electrons. The number of carbonyl (C=O) groups is 1. The summed E-state index contributed by atoms with van der Waals surface area (Å²) in [6.45, 7) is 3.98. The molecular formula is C17H23NO3. The molecule has 2 rings (SSSR count). The van der Waals surface area contributed by atoms with E-state index in [2.05, 4.69) is 6.58 Å². The maximum atomic E-state index is 12.3. The number of likely N-dealkylation sites (tertiary alicyclic amines) is 1. The third kappa shape index (κ3) is 4.08. The third-order valence-electron chi connectivity index (χ3n) is 3.95. The smallest absolute Gasteiger partial charge is 0.410 e. The van der Waals surface area contributed by atoms with Crippen molar-refractivity contribution in [3.05, 3.63) is 48.6 Å². The standard InChI is InChI=1S/C17H23NO3/c1-2-3-9-15-10-11-16(12-19)18(15)17(20)21-13-14-7-5-4-6-8-14/h2,4-8,15-16,19H,1,3,9-13H2/t15-,16-/m1/s1. The normalized spacial score (nSPS) is 21.3. The number of hydrogen-bond donors (Lipinski definition) is 1. The van der Waals surface area contributed by atoms with Crippen LogP contribution in [0.4, 0.5) is 4.79 Å². The Labute approximate surface area is 126 Å². The highest BCUT2D eigenvalue weighted by Crippen LogP contribution is 2.28. The van der Waals surface area contributed by atoms with Crippen molar-refractivity contribution in [2.24, 2.45) is 0 Å². The van der Waals surface area contributed by atoms with Crippen LogP contribution in [-0.2, 0) is 11.3 Å². The average Bonchev–Trinajstić information content (AvgIpc) is 2.94. The van der Waals surface area contributed by atoms with Crippen LogP contribution in [0.5, 0.6) is 0 Å². The second-order valence-corrected chi connectivity index (χ2v) is 5.38. The molecule has 0 bridgehead atoms. The zero-order valence-corrected chi connectivity index (χ0v) is 12.3. The Balaban J connectivity index is 1.95. The molecule has 1 aliphatic heterocycles. The zero-order chi connectivity index (χ0) is 15.1. The van der Waals surface area contributed by atoms with Gasteiger partial charge in [-0.1, -0.05) is 36.4 Å². The van der Waals surface area contributed by atoms with Crippen molar-refractivity contribution in [2.75, 3.05) is 6.61 Å². The summed E-state index contributed by atoms with van der Waals surface area (Å²) in [5.74, 6) is 0. The molecule has 0 aliphatic carbocycles. The van der Waals surface area contributed by atoms with E-state index in [0.29, 0.717) is 0 Å². The first kappa shape index (κ1) is 15.6. The molecule has 1 aromatic carbocycles. The summed E-state index contributed by atoms with van der Waals surface area (Å²) < 4.78 is 5.40. The van der Waals surface area contributed by atoms with Gasteiger partial charge < -0.3 is 9.84 Å². The lowest BCUT2D eigenvalue weighted by molar-refractivity contribution is 0.0637. The molecule has 1 N–H and O–H groups in total. The molecule has 21 heavy (non-hydrogen) atoms. The number of ether oxygens (including phenoxy) is 1. The lowest BCUT2D eigenvalue weighted by atomic mass is 10.1. The molecule has 1 heterocycles. The van der Waals surface area contributed by atoms with Crippen molar-refractivity contribution in [2.45, 2.75) is 44.4 Å². The highest BCUT2D eigenvalue weighted by atomic mass is 16.6. The lowest BCUT2D eigenvalue weighted by Gasteiger charge is -2.28. The van der Waals surface area contributed by atoms with Gasteiger partial charge in [0.25, 0.3) is 0 Å². The molecule has 0 saturated carbocycles. The maximum absolute atomic E-state index is 12.3. The number of benzene rings is 1. The van der Waals surface area contributed by atoms with E-state index in [1.807, 2.05) is 36.4 Å². The van der Waals surface area contributed by atoms with Crippen molar-refractivity contribution < 1.29 is 14.6 Å². The number of hydrogen-bond acceptors (Lipinski definition) is 3. The molecule has 0 aromatic heterocycles. The van der Waals surface area contributed by atoms with Gasteiger partial charge in [-0.3, -0.25) is 4.90 Å². The van der Waals surface area contributed by atoms with Gasteiger partial charge in [-0.05, 0) is 31.2 Å². The van der Waals surface area contributed by atoms with E-state index >= 15 is 0 Å². The number of carbonyl (C=O) groups excluding carboxylic acids is 1. The third-order valence-corrected chi connectivity index (χ3v) is 3.95. The molecular weight excluding hydrogens is 266 g/mol. The van der Waals surface area contributed by atoms with Gasteiger partial charge in [-0.2, -0.15) is 0 Å². The number of rotatable bonds is 6. The number of aliphatic hydroxyl groups excluding tert-OH is 1. The van der Waals surface area contributed by atoms with E-state index < -0.39 is 0 Å². The summed E-state index contributed by atoms with van der Waals surface area (Å²) in [6.07, 6.45) is 5.02. The minimum Gasteiger partial charge on any atom is -0.445 e. The monoisotopic (exact) mass is 289 g/mol. The fourth-order valence-electron chi connectivity index (χ4n) is 2.83. The highest BCUT2D eigenvalue weighted by Gasteiger charge is 2.36. The molecule has 1 aliphatic rings. The predicted octanol–water partition coefficient (Wildman–Crippen LogP) is 3.11. The molecule has 1 fully saturated rings. The van der Waals surface area contributed by atoms with Gasteiger partial charge in [0.1, 0.15) is 6.61 Å². The van der Waals surface area contributed by atoms with Gasteiger partial charge >= 0.3 is 6.09 Å². The first-order valence-corrected chi connectivity index (χ1v) is 7.47. The molecule has 0 radical (unpaired) electrons. The van der Waals surface area contributed by atoms with Crippen molar-refractivity contribution in [1.29, 1.82) is 0 Å². The summed E-state index contributed by atoms with van der Waals surface area (Å²) in [4.78, 5) is 14.0. The van der Waals surface area contributed by atoms with Crippen molar-refractivity contribution in [3.8, 4) is 0 Å². The molecule has 1 amide bonds. The van der Waals surface area contributed by atoms with Gasteiger partial charge in [0.15, 0.2) is 0 Å². The summed E-state index contributed by atoms with van der Waals surface area (Å²) >= 11 is 0. The number of nitrogens with zero attached hydrogens (tertiary/aromatic N) is 1. The topological polar surface area (TPSA) is 49.8 Å². The van der Waals surface area contributed by atoms with E-state index in [1.165, 1.54) is 0 Å². The van der Waals surface area contributed by atoms with E-state index in [1.54, 1.807) is 4.90 Å². The number of allylic oxidation sites excluding steroid dienone is 1. The van der Waals surface area contributed by atoms with E-state index in [-0.39, 0.29) is 31.4 Å². The van der Waals surface area contributed by atoms with Crippen LogP contribution in [0.25, 0.3) is 0 Å². The molecule has 2 atom stereocenters. The molecule has 0 spiro atoms. The van der Waals surface area contributed by atoms with E-state index in [9.17, 15) is 9.90 Å². The van der Waals surface area contributed by atoms with Gasteiger partial charge in [-0.15, -0.1) is 6.58 Å². The van der Waals surface area contributed by atoms with E-state index in [0.717, 1.165) is 31.2 Å². The number of amides is 1. The summed E-state index contributed by atoms with van der Waals surface area (Å²) in [5, 5.41) is 9.44. The maximum Gasteiger partial charge on any atom is 0.410 e. The first-order chi connectivity index (χ1) is 10.3. The van der Waals surface area contributed by atoms with Crippen LogP contribution in [0, 0.1) is 0 Å². The van der Waals surface area contributed by atoms with Gasteiger partial charge in [0.2, 0.25) is 0 Å². The minimum absolute atomic E-state index is 0.00890. The van der Waals surface area contributed by atoms with Crippen molar-refractivity contribution >= 4 is 6.09 Å². The molecule has 1 saturated heterocycles. The molecule has 4 nitrogen and oxygen atoms in total.